The van der Waals surface area contributed by atoms with Crippen LogP contribution in [0.25, 0.3) is 11.3 Å². The van der Waals surface area contributed by atoms with Crippen LogP contribution in [-0.2, 0) is 0 Å². The molecule has 1 heterocycles. The first-order valence-electron chi connectivity index (χ1n) is 9.60. The van der Waals surface area contributed by atoms with E-state index in [1.165, 1.54) is 12.8 Å². The third-order valence-electron chi connectivity index (χ3n) is 5.22. The number of nitrogens with zero attached hydrogens (tertiary/aromatic N) is 1. The van der Waals surface area contributed by atoms with E-state index in [1.54, 1.807) is 14.2 Å². The van der Waals surface area contributed by atoms with Crippen molar-refractivity contribution < 1.29 is 14.6 Å². The zero-order chi connectivity index (χ0) is 19.5. The summed E-state index contributed by atoms with van der Waals surface area (Å²) in [7, 11) is 3.33. The number of ether oxygens (including phenoxy) is 2. The third-order valence-corrected chi connectivity index (χ3v) is 5.22. The van der Waals surface area contributed by atoms with E-state index in [-0.39, 0.29) is 6.61 Å². The van der Waals surface area contributed by atoms with Crippen LogP contribution >= 0.6 is 0 Å². The second kappa shape index (κ2) is 7.98. The van der Waals surface area contributed by atoms with Crippen LogP contribution in [0.5, 0.6) is 11.5 Å². The number of hydrogen-bond donors (Lipinski definition) is 2. The molecule has 0 radical (unpaired) electrons. The maximum absolute atomic E-state index is 10.1. The Morgan fingerprint density at radius 3 is 2.00 bits per heavy atom. The molecule has 0 saturated heterocycles. The molecule has 2 aliphatic rings. The Bertz CT molecular complexity index is 881. The zero-order valence-electron chi connectivity index (χ0n) is 16.3. The van der Waals surface area contributed by atoms with E-state index in [9.17, 15) is 5.11 Å². The molecule has 0 bridgehead atoms. The molecule has 2 aromatic carbocycles. The molecule has 0 unspecified atom stereocenters. The van der Waals surface area contributed by atoms with Gasteiger partial charge >= 0.3 is 0 Å². The summed E-state index contributed by atoms with van der Waals surface area (Å²) >= 11 is 0. The predicted molar refractivity (Wildman–Crippen MR) is 111 cm³/mol. The van der Waals surface area contributed by atoms with Crippen LogP contribution in [-0.4, -0.2) is 37.5 Å². The van der Waals surface area contributed by atoms with Gasteiger partial charge in [-0.1, -0.05) is 12.1 Å². The first-order chi connectivity index (χ1) is 13.7. The van der Waals surface area contributed by atoms with Gasteiger partial charge in [0.15, 0.2) is 0 Å². The lowest BCUT2D eigenvalue weighted by Gasteiger charge is -2.33. The topological polar surface area (TPSA) is 54.0 Å². The molecule has 5 heteroatoms. The maximum Gasteiger partial charge on any atom is 0.118 e. The van der Waals surface area contributed by atoms with Crippen molar-refractivity contribution in [2.75, 3.05) is 27.4 Å². The van der Waals surface area contributed by atoms with Gasteiger partial charge < -0.3 is 14.6 Å². The van der Waals surface area contributed by atoms with Gasteiger partial charge in [0.05, 0.1) is 26.5 Å². The molecular weight excluding hydrogens is 352 g/mol. The number of aliphatic hydroxyl groups is 1. The van der Waals surface area contributed by atoms with Crippen LogP contribution in [0.4, 0.5) is 0 Å². The first kappa shape index (κ1) is 18.4. The van der Waals surface area contributed by atoms with E-state index < -0.39 is 0 Å². The first-order valence-corrected chi connectivity index (χ1v) is 9.60. The summed E-state index contributed by atoms with van der Waals surface area (Å²) in [5.74, 6) is 2.35. The Labute approximate surface area is 165 Å². The number of hydrazine groups is 1. The maximum atomic E-state index is 10.1. The van der Waals surface area contributed by atoms with Gasteiger partial charge in [0.1, 0.15) is 11.5 Å². The molecule has 0 atom stereocenters. The SMILES string of the molecule is COc1ccc(C2=C(c3ccc(OC)cc3)C(CO)=CN(CC3CC3)N2)cc1. The highest BCUT2D eigenvalue weighted by Gasteiger charge is 2.28. The van der Waals surface area contributed by atoms with Crippen molar-refractivity contribution in [3.63, 3.8) is 0 Å². The molecule has 28 heavy (non-hydrogen) atoms. The van der Waals surface area contributed by atoms with Gasteiger partial charge in [-0.15, -0.1) is 0 Å². The summed E-state index contributed by atoms with van der Waals surface area (Å²) in [5.41, 5.74) is 8.54. The van der Waals surface area contributed by atoms with E-state index >= 15 is 0 Å². The number of hydrogen-bond acceptors (Lipinski definition) is 5. The fourth-order valence-electron chi connectivity index (χ4n) is 3.50. The number of aliphatic hydroxyl groups excluding tert-OH is 1. The minimum atomic E-state index is -0.0239. The lowest BCUT2D eigenvalue weighted by atomic mass is 9.92. The average molecular weight is 378 g/mol. The molecule has 2 aromatic rings. The quantitative estimate of drug-likeness (QED) is 0.770. The molecule has 1 fully saturated rings. The fraction of sp³-hybridized carbons (Fsp3) is 0.304. The highest BCUT2D eigenvalue weighted by molar-refractivity contribution is 5.98. The fourth-order valence-corrected chi connectivity index (χ4v) is 3.50. The number of benzene rings is 2. The Hall–Kier alpha value is -2.92. The van der Waals surface area contributed by atoms with Crippen LogP contribution in [0, 0.1) is 5.92 Å². The largest absolute Gasteiger partial charge is 0.497 e. The molecule has 5 nitrogen and oxygen atoms in total. The Balaban J connectivity index is 1.79. The molecule has 0 aromatic heterocycles. The number of rotatable bonds is 7. The summed E-state index contributed by atoms with van der Waals surface area (Å²) in [4.78, 5) is 0. The lowest BCUT2D eigenvalue weighted by Crippen LogP contribution is -2.37. The van der Waals surface area contributed by atoms with E-state index in [0.29, 0.717) is 0 Å². The standard InChI is InChI=1S/C23H26N2O3/c1-27-20-9-5-17(6-10-20)22-19(15-26)14-25(13-16-3-4-16)24-23(22)18-7-11-21(28-2)12-8-18/h5-12,14,16,24,26H,3-4,13,15H2,1-2H3. The second-order valence-electron chi connectivity index (χ2n) is 7.23. The van der Waals surface area contributed by atoms with Crippen LogP contribution in [0.3, 0.4) is 0 Å². The number of methoxy groups -OCH3 is 2. The minimum absolute atomic E-state index is 0.0239. The molecule has 0 spiro atoms. The number of nitrogens with one attached hydrogen (secondary N) is 1. The van der Waals surface area contributed by atoms with Crippen LogP contribution in [0.15, 0.2) is 60.3 Å². The molecule has 1 aliphatic heterocycles. The van der Waals surface area contributed by atoms with Crippen molar-refractivity contribution in [1.29, 1.82) is 0 Å². The van der Waals surface area contributed by atoms with Crippen LogP contribution < -0.4 is 14.9 Å². The lowest BCUT2D eigenvalue weighted by molar-refractivity contribution is 0.291. The molecule has 0 amide bonds. The summed E-state index contributed by atoms with van der Waals surface area (Å²) in [6.07, 6.45) is 4.58. The van der Waals surface area contributed by atoms with Gasteiger partial charge in [-0.2, -0.15) is 0 Å². The molecule has 1 aliphatic carbocycles. The summed E-state index contributed by atoms with van der Waals surface area (Å²) < 4.78 is 10.6. The van der Waals surface area contributed by atoms with Gasteiger partial charge in [-0.3, -0.25) is 10.4 Å². The van der Waals surface area contributed by atoms with Crippen molar-refractivity contribution in [1.82, 2.24) is 10.4 Å². The van der Waals surface area contributed by atoms with Gasteiger partial charge in [-0.05, 0) is 60.7 Å². The minimum Gasteiger partial charge on any atom is -0.497 e. The highest BCUT2D eigenvalue weighted by Crippen LogP contribution is 2.37. The van der Waals surface area contributed by atoms with Crippen LogP contribution in [0.2, 0.25) is 0 Å². The van der Waals surface area contributed by atoms with Crippen LogP contribution in [0.1, 0.15) is 24.0 Å². The molecule has 146 valence electrons. The molecule has 4 rings (SSSR count). The van der Waals surface area contributed by atoms with E-state index in [1.807, 2.05) is 54.7 Å². The monoisotopic (exact) mass is 378 g/mol. The van der Waals surface area contributed by atoms with Gasteiger partial charge in [0, 0.05) is 29.5 Å². The Kier molecular flexibility index (Phi) is 5.26. The highest BCUT2D eigenvalue weighted by atomic mass is 16.5. The second-order valence-corrected chi connectivity index (χ2v) is 7.23. The van der Waals surface area contributed by atoms with Gasteiger partial charge in [0.2, 0.25) is 0 Å². The predicted octanol–water partition coefficient (Wildman–Crippen LogP) is 3.68. The van der Waals surface area contributed by atoms with Gasteiger partial charge in [-0.25, -0.2) is 0 Å². The van der Waals surface area contributed by atoms with E-state index in [4.69, 9.17) is 9.47 Å². The van der Waals surface area contributed by atoms with E-state index in [2.05, 4.69) is 10.4 Å². The molecule has 1 saturated carbocycles. The van der Waals surface area contributed by atoms with Crippen molar-refractivity contribution in [2.45, 2.75) is 12.8 Å². The van der Waals surface area contributed by atoms with Crippen molar-refractivity contribution in [3.05, 3.63) is 71.4 Å². The molecular formula is C23H26N2O3. The summed E-state index contributed by atoms with van der Waals surface area (Å²) in [6, 6.07) is 15.9. The smallest absolute Gasteiger partial charge is 0.118 e. The van der Waals surface area contributed by atoms with Crippen molar-refractivity contribution in [2.24, 2.45) is 5.92 Å². The molecule has 2 N–H and O–H groups in total. The summed E-state index contributed by atoms with van der Waals surface area (Å²) in [5, 5.41) is 12.2. The zero-order valence-corrected chi connectivity index (χ0v) is 16.3. The van der Waals surface area contributed by atoms with Gasteiger partial charge in [0.25, 0.3) is 0 Å². The van der Waals surface area contributed by atoms with Crippen molar-refractivity contribution >= 4 is 11.3 Å². The Morgan fingerprint density at radius 1 is 0.929 bits per heavy atom. The normalized spacial score (nSPS) is 16.5. The third kappa shape index (κ3) is 3.85. The average Bonchev–Trinajstić information content (AvgIpc) is 3.57. The Morgan fingerprint density at radius 2 is 1.50 bits per heavy atom. The summed E-state index contributed by atoms with van der Waals surface area (Å²) in [6.45, 7) is 0.920. The van der Waals surface area contributed by atoms with Crippen molar-refractivity contribution in [3.8, 4) is 11.5 Å². The van der Waals surface area contributed by atoms with E-state index in [0.717, 1.165) is 51.9 Å².